The van der Waals surface area contributed by atoms with E-state index in [1.54, 1.807) is 31.3 Å². The van der Waals surface area contributed by atoms with Gasteiger partial charge >= 0.3 is 5.97 Å². The molecule has 2 aromatic carbocycles. The fraction of sp³-hybridized carbons (Fsp3) is 0.333. The second-order valence-electron chi connectivity index (χ2n) is 6.59. The van der Waals surface area contributed by atoms with Crippen molar-refractivity contribution in [1.29, 1.82) is 0 Å². The Hall–Kier alpha value is -2.93. The van der Waals surface area contributed by atoms with Crippen molar-refractivity contribution in [2.24, 2.45) is 0 Å². The van der Waals surface area contributed by atoms with Crippen molar-refractivity contribution in [3.05, 3.63) is 52.5 Å². The lowest BCUT2D eigenvalue weighted by molar-refractivity contribution is -0.135. The third-order valence-corrected chi connectivity index (χ3v) is 5.11. The highest BCUT2D eigenvalue weighted by atomic mass is 35.5. The predicted octanol–water partition coefficient (Wildman–Crippen LogP) is 3.58. The molecule has 1 aliphatic heterocycles. The molecule has 0 bridgehead atoms. The molecular weight excluding hydrogens is 398 g/mol. The molecule has 3 rings (SSSR count). The SMILES string of the molecule is COc1ccc(OC)c([C@@H]2CCCN2C(=O)COC(=O)c2ccc(Cl)cc2O)c1. The number of hydrogen-bond donors (Lipinski definition) is 1. The summed E-state index contributed by atoms with van der Waals surface area (Å²) in [4.78, 5) is 26.6. The molecule has 29 heavy (non-hydrogen) atoms. The van der Waals surface area contributed by atoms with E-state index in [2.05, 4.69) is 0 Å². The van der Waals surface area contributed by atoms with E-state index in [9.17, 15) is 14.7 Å². The Bertz CT molecular complexity index is 916. The average molecular weight is 420 g/mol. The monoisotopic (exact) mass is 419 g/mol. The highest BCUT2D eigenvalue weighted by Gasteiger charge is 2.32. The Kier molecular flexibility index (Phi) is 6.49. The minimum absolute atomic E-state index is 0.0466. The Balaban J connectivity index is 1.71. The maximum atomic E-state index is 12.8. The van der Waals surface area contributed by atoms with Gasteiger partial charge in [-0.15, -0.1) is 0 Å². The molecule has 0 radical (unpaired) electrons. The number of esters is 1. The van der Waals surface area contributed by atoms with Crippen molar-refractivity contribution in [3.8, 4) is 17.2 Å². The molecule has 1 aliphatic rings. The normalized spacial score (nSPS) is 15.8. The highest BCUT2D eigenvalue weighted by molar-refractivity contribution is 6.30. The number of phenols is 1. The zero-order valence-electron chi connectivity index (χ0n) is 16.2. The van der Waals surface area contributed by atoms with Crippen LogP contribution in [0.15, 0.2) is 36.4 Å². The van der Waals surface area contributed by atoms with Gasteiger partial charge in [0.15, 0.2) is 6.61 Å². The van der Waals surface area contributed by atoms with Crippen LogP contribution in [0.3, 0.4) is 0 Å². The summed E-state index contributed by atoms with van der Waals surface area (Å²) in [6, 6.07) is 9.31. The van der Waals surface area contributed by atoms with E-state index in [-0.39, 0.29) is 23.3 Å². The van der Waals surface area contributed by atoms with Crippen molar-refractivity contribution in [3.63, 3.8) is 0 Å². The zero-order valence-corrected chi connectivity index (χ0v) is 16.9. The first-order valence-electron chi connectivity index (χ1n) is 9.11. The van der Waals surface area contributed by atoms with Gasteiger partial charge in [0.1, 0.15) is 22.8 Å². The van der Waals surface area contributed by atoms with E-state index in [1.807, 2.05) is 6.07 Å². The van der Waals surface area contributed by atoms with E-state index in [0.29, 0.717) is 23.1 Å². The van der Waals surface area contributed by atoms with Crippen molar-refractivity contribution in [2.75, 3.05) is 27.4 Å². The first-order chi connectivity index (χ1) is 13.9. The van der Waals surface area contributed by atoms with Crippen LogP contribution >= 0.6 is 11.6 Å². The lowest BCUT2D eigenvalue weighted by Gasteiger charge is -2.26. The number of carbonyl (C=O) groups excluding carboxylic acids is 2. The molecular formula is C21H22ClNO6. The Labute approximate surface area is 173 Å². The van der Waals surface area contributed by atoms with Gasteiger partial charge in [-0.1, -0.05) is 11.6 Å². The minimum Gasteiger partial charge on any atom is -0.507 e. The summed E-state index contributed by atoms with van der Waals surface area (Å²) >= 11 is 5.76. The van der Waals surface area contributed by atoms with Gasteiger partial charge < -0.3 is 24.2 Å². The standard InChI is InChI=1S/C21H22ClNO6/c1-27-14-6-8-19(28-2)16(11-14)17-4-3-9-23(17)20(25)12-29-21(26)15-7-5-13(22)10-18(15)24/h5-8,10-11,17,24H,3-4,9,12H2,1-2H3/t17-/m0/s1. The summed E-state index contributed by atoms with van der Waals surface area (Å²) in [6.45, 7) is 0.122. The molecule has 7 nitrogen and oxygen atoms in total. The van der Waals surface area contributed by atoms with Crippen LogP contribution in [0.2, 0.25) is 5.02 Å². The smallest absolute Gasteiger partial charge is 0.342 e. The minimum atomic E-state index is -0.790. The molecule has 0 aliphatic carbocycles. The van der Waals surface area contributed by atoms with Crippen molar-refractivity contribution in [1.82, 2.24) is 4.90 Å². The number of ether oxygens (including phenoxy) is 3. The number of likely N-dealkylation sites (tertiary alicyclic amines) is 1. The Morgan fingerprint density at radius 1 is 1.17 bits per heavy atom. The number of nitrogens with zero attached hydrogens (tertiary/aromatic N) is 1. The number of phenolic OH excluding ortho intramolecular Hbond substituents is 1. The predicted molar refractivity (Wildman–Crippen MR) is 107 cm³/mol. The molecule has 1 fully saturated rings. The largest absolute Gasteiger partial charge is 0.507 e. The van der Waals surface area contributed by atoms with Crippen LogP contribution in [-0.4, -0.2) is 49.3 Å². The van der Waals surface area contributed by atoms with Gasteiger partial charge in [-0.25, -0.2) is 4.79 Å². The zero-order chi connectivity index (χ0) is 21.0. The van der Waals surface area contributed by atoms with Crippen LogP contribution in [0.5, 0.6) is 17.2 Å². The lowest BCUT2D eigenvalue weighted by atomic mass is 10.0. The number of benzene rings is 2. The Morgan fingerprint density at radius 3 is 2.66 bits per heavy atom. The molecule has 8 heteroatoms. The summed E-state index contributed by atoms with van der Waals surface area (Å²) in [5.41, 5.74) is 0.800. The van der Waals surface area contributed by atoms with Crippen LogP contribution in [-0.2, 0) is 9.53 Å². The number of carbonyl (C=O) groups is 2. The van der Waals surface area contributed by atoms with E-state index in [1.165, 1.54) is 18.2 Å². The van der Waals surface area contributed by atoms with Crippen molar-refractivity contribution in [2.45, 2.75) is 18.9 Å². The van der Waals surface area contributed by atoms with Gasteiger partial charge in [0, 0.05) is 17.1 Å². The molecule has 1 saturated heterocycles. The van der Waals surface area contributed by atoms with Crippen molar-refractivity contribution >= 4 is 23.5 Å². The molecule has 1 N–H and O–H groups in total. The number of hydrogen-bond acceptors (Lipinski definition) is 6. The number of aromatic hydroxyl groups is 1. The van der Waals surface area contributed by atoms with Crippen LogP contribution in [0, 0.1) is 0 Å². The molecule has 1 heterocycles. The fourth-order valence-corrected chi connectivity index (χ4v) is 3.62. The number of amides is 1. The highest BCUT2D eigenvalue weighted by Crippen LogP contribution is 2.39. The summed E-state index contributed by atoms with van der Waals surface area (Å²) in [5.74, 6) is -0.0696. The first-order valence-corrected chi connectivity index (χ1v) is 9.49. The quantitative estimate of drug-likeness (QED) is 0.720. The average Bonchev–Trinajstić information content (AvgIpc) is 3.21. The molecule has 0 unspecified atom stereocenters. The maximum absolute atomic E-state index is 12.8. The molecule has 1 atom stereocenters. The number of methoxy groups -OCH3 is 2. The van der Waals surface area contributed by atoms with Gasteiger partial charge in [-0.2, -0.15) is 0 Å². The van der Waals surface area contributed by atoms with Crippen LogP contribution in [0.1, 0.15) is 34.8 Å². The van der Waals surface area contributed by atoms with Crippen LogP contribution < -0.4 is 9.47 Å². The third kappa shape index (κ3) is 4.56. The second kappa shape index (κ2) is 9.05. The third-order valence-electron chi connectivity index (χ3n) is 4.88. The molecule has 0 saturated carbocycles. The van der Waals surface area contributed by atoms with E-state index >= 15 is 0 Å². The topological polar surface area (TPSA) is 85.3 Å². The van der Waals surface area contributed by atoms with E-state index in [4.69, 9.17) is 25.8 Å². The van der Waals surface area contributed by atoms with Crippen LogP contribution in [0.25, 0.3) is 0 Å². The summed E-state index contributed by atoms with van der Waals surface area (Å²) in [6.07, 6.45) is 1.59. The van der Waals surface area contributed by atoms with E-state index in [0.717, 1.165) is 18.4 Å². The fourth-order valence-electron chi connectivity index (χ4n) is 3.45. The molecule has 154 valence electrons. The summed E-state index contributed by atoms with van der Waals surface area (Å²) in [5, 5.41) is 10.1. The van der Waals surface area contributed by atoms with Crippen molar-refractivity contribution < 1.29 is 28.9 Å². The van der Waals surface area contributed by atoms with Gasteiger partial charge in [-0.3, -0.25) is 4.79 Å². The van der Waals surface area contributed by atoms with E-state index < -0.39 is 12.6 Å². The molecule has 0 spiro atoms. The number of halogens is 1. The molecule has 0 aromatic heterocycles. The number of rotatable bonds is 6. The summed E-state index contributed by atoms with van der Waals surface area (Å²) in [7, 11) is 3.15. The van der Waals surface area contributed by atoms with Gasteiger partial charge in [-0.05, 0) is 49.2 Å². The molecule has 2 aromatic rings. The van der Waals surface area contributed by atoms with Gasteiger partial charge in [0.2, 0.25) is 0 Å². The molecule has 1 amide bonds. The van der Waals surface area contributed by atoms with Gasteiger partial charge in [0.25, 0.3) is 5.91 Å². The summed E-state index contributed by atoms with van der Waals surface area (Å²) < 4.78 is 15.9. The van der Waals surface area contributed by atoms with Crippen LogP contribution in [0.4, 0.5) is 0 Å². The second-order valence-corrected chi connectivity index (χ2v) is 7.03. The Morgan fingerprint density at radius 2 is 1.97 bits per heavy atom. The first kappa shape index (κ1) is 20.8. The maximum Gasteiger partial charge on any atom is 0.342 e. The van der Waals surface area contributed by atoms with Gasteiger partial charge in [0.05, 0.1) is 20.3 Å². The lowest BCUT2D eigenvalue weighted by Crippen LogP contribution is -2.34.